The molecule has 3 aromatic rings. The molecule has 7 nitrogen and oxygen atoms in total. The number of nitrogens with zero attached hydrogens (tertiary/aromatic N) is 6. The van der Waals surface area contributed by atoms with Gasteiger partial charge >= 0.3 is 0 Å². The second kappa shape index (κ2) is 7.22. The van der Waals surface area contributed by atoms with Gasteiger partial charge in [-0.1, -0.05) is 50.1 Å². The number of anilines is 2. The van der Waals surface area contributed by atoms with Gasteiger partial charge in [0.15, 0.2) is 11.6 Å². The molecule has 5 rings (SSSR count). The van der Waals surface area contributed by atoms with Gasteiger partial charge in [0.25, 0.3) is 0 Å². The number of fused-ring (bicyclic) bond motifs is 3. The van der Waals surface area contributed by atoms with E-state index in [9.17, 15) is 0 Å². The molecule has 1 aliphatic heterocycles. The van der Waals surface area contributed by atoms with Crippen LogP contribution in [0.3, 0.4) is 0 Å². The molecule has 0 bridgehead atoms. The lowest BCUT2D eigenvalue weighted by atomic mass is 10.0. The van der Waals surface area contributed by atoms with E-state index in [2.05, 4.69) is 49.0 Å². The van der Waals surface area contributed by atoms with E-state index < -0.39 is 0 Å². The molecule has 2 aliphatic rings. The third-order valence-corrected chi connectivity index (χ3v) is 5.86. The minimum absolute atomic E-state index is 0.204. The predicted octanol–water partition coefficient (Wildman–Crippen LogP) is 3.88. The quantitative estimate of drug-likeness (QED) is 0.730. The number of aromatic nitrogens is 5. The van der Waals surface area contributed by atoms with Crippen LogP contribution in [0.2, 0.25) is 0 Å². The summed E-state index contributed by atoms with van der Waals surface area (Å²) >= 11 is 0. The third kappa shape index (κ3) is 2.91. The summed E-state index contributed by atoms with van der Waals surface area (Å²) < 4.78 is 2.05. The molecule has 0 saturated heterocycles. The lowest BCUT2D eigenvalue weighted by Gasteiger charge is -2.40. The molecule has 28 heavy (non-hydrogen) atoms. The van der Waals surface area contributed by atoms with Crippen molar-refractivity contribution < 1.29 is 0 Å². The lowest BCUT2D eigenvalue weighted by Crippen LogP contribution is -2.42. The second-order valence-electron chi connectivity index (χ2n) is 7.57. The first-order chi connectivity index (χ1) is 13.8. The summed E-state index contributed by atoms with van der Waals surface area (Å²) in [6.45, 7) is 2.92. The number of rotatable bonds is 5. The highest BCUT2D eigenvalue weighted by Gasteiger charge is 2.38. The summed E-state index contributed by atoms with van der Waals surface area (Å²) in [5.74, 6) is 2.66. The standard InChI is InChI=1S/C21H25N7/c1-2-17-20-26-24-14-27(20)18-13-23-21(22-12-15-8-4-3-5-9-15)25-19(18)28(17)16-10-6-7-11-16/h3-5,8-9,13-14,16-17H,2,6-7,10-12H2,1H3,(H,22,23,25). The van der Waals surface area contributed by atoms with E-state index in [-0.39, 0.29) is 6.04 Å². The zero-order chi connectivity index (χ0) is 18.9. The molecule has 7 heteroatoms. The number of benzene rings is 1. The Kier molecular flexibility index (Phi) is 4.43. The average Bonchev–Trinajstić information content (AvgIpc) is 3.44. The van der Waals surface area contributed by atoms with Crippen molar-refractivity contribution in [1.29, 1.82) is 0 Å². The minimum atomic E-state index is 0.204. The highest BCUT2D eigenvalue weighted by atomic mass is 15.4. The van der Waals surface area contributed by atoms with E-state index >= 15 is 0 Å². The zero-order valence-electron chi connectivity index (χ0n) is 16.1. The SMILES string of the molecule is CCC1c2nncn2-c2cnc(NCc3ccccc3)nc2N1C1CCCC1. The molecular formula is C21H25N7. The van der Waals surface area contributed by atoms with Crippen molar-refractivity contribution in [3.8, 4) is 5.69 Å². The summed E-state index contributed by atoms with van der Waals surface area (Å²) in [6.07, 6.45) is 9.64. The van der Waals surface area contributed by atoms with E-state index in [0.717, 1.165) is 23.8 Å². The molecule has 0 amide bonds. The fraction of sp³-hybridized carbons (Fsp3) is 0.429. The molecular weight excluding hydrogens is 350 g/mol. The monoisotopic (exact) mass is 375 g/mol. The fourth-order valence-electron chi connectivity index (χ4n) is 4.51. The van der Waals surface area contributed by atoms with Crippen LogP contribution < -0.4 is 10.2 Å². The molecule has 0 spiro atoms. The van der Waals surface area contributed by atoms with Crippen molar-refractivity contribution in [3.05, 3.63) is 54.2 Å². The fourth-order valence-corrected chi connectivity index (χ4v) is 4.51. The molecule has 1 fully saturated rings. The van der Waals surface area contributed by atoms with Crippen molar-refractivity contribution in [2.45, 2.75) is 57.7 Å². The van der Waals surface area contributed by atoms with Gasteiger partial charge in [0.05, 0.1) is 12.2 Å². The maximum atomic E-state index is 4.96. The van der Waals surface area contributed by atoms with Crippen LogP contribution >= 0.6 is 0 Å². The molecule has 1 atom stereocenters. The van der Waals surface area contributed by atoms with E-state index in [0.29, 0.717) is 18.5 Å². The number of nitrogens with one attached hydrogen (secondary N) is 1. The molecule has 144 valence electrons. The highest BCUT2D eigenvalue weighted by molar-refractivity contribution is 5.63. The van der Waals surface area contributed by atoms with Crippen molar-refractivity contribution in [1.82, 2.24) is 24.7 Å². The summed E-state index contributed by atoms with van der Waals surface area (Å²) in [6, 6.07) is 11.0. The molecule has 0 radical (unpaired) electrons. The molecule has 3 heterocycles. The van der Waals surface area contributed by atoms with Crippen LogP contribution in [0.15, 0.2) is 42.9 Å². The Bertz CT molecular complexity index is 946. The van der Waals surface area contributed by atoms with E-state index in [1.807, 2.05) is 24.4 Å². The van der Waals surface area contributed by atoms with Crippen molar-refractivity contribution in [2.75, 3.05) is 10.2 Å². The summed E-state index contributed by atoms with van der Waals surface area (Å²) in [4.78, 5) is 12.0. The van der Waals surface area contributed by atoms with Gasteiger partial charge in [-0.15, -0.1) is 10.2 Å². The Morgan fingerprint density at radius 3 is 2.75 bits per heavy atom. The predicted molar refractivity (Wildman–Crippen MR) is 108 cm³/mol. The van der Waals surface area contributed by atoms with E-state index in [1.54, 1.807) is 6.33 Å². The topological polar surface area (TPSA) is 71.8 Å². The summed E-state index contributed by atoms with van der Waals surface area (Å²) in [5, 5.41) is 12.0. The Balaban J connectivity index is 1.52. The maximum absolute atomic E-state index is 4.96. The first kappa shape index (κ1) is 17.2. The van der Waals surface area contributed by atoms with Crippen LogP contribution in [-0.4, -0.2) is 30.8 Å². The Hall–Kier alpha value is -2.96. The van der Waals surface area contributed by atoms with Crippen molar-refractivity contribution >= 4 is 11.8 Å². The highest BCUT2D eigenvalue weighted by Crippen LogP contribution is 2.42. The van der Waals surface area contributed by atoms with Gasteiger partial charge in [-0.05, 0) is 24.8 Å². The molecule has 1 unspecified atom stereocenters. The van der Waals surface area contributed by atoms with Crippen LogP contribution in [0.4, 0.5) is 11.8 Å². The van der Waals surface area contributed by atoms with Gasteiger partial charge in [0, 0.05) is 12.6 Å². The first-order valence-corrected chi connectivity index (χ1v) is 10.2. The molecule has 1 N–H and O–H groups in total. The smallest absolute Gasteiger partial charge is 0.225 e. The van der Waals surface area contributed by atoms with Crippen molar-refractivity contribution in [3.63, 3.8) is 0 Å². The Morgan fingerprint density at radius 1 is 1.14 bits per heavy atom. The molecule has 2 aromatic heterocycles. The summed E-state index contributed by atoms with van der Waals surface area (Å²) in [7, 11) is 0. The van der Waals surface area contributed by atoms with Crippen LogP contribution in [0.1, 0.15) is 56.5 Å². The van der Waals surface area contributed by atoms with E-state index in [1.165, 1.54) is 31.2 Å². The van der Waals surface area contributed by atoms with Gasteiger partial charge in [-0.2, -0.15) is 4.98 Å². The van der Waals surface area contributed by atoms with Gasteiger partial charge in [-0.3, -0.25) is 4.57 Å². The van der Waals surface area contributed by atoms with Gasteiger partial charge < -0.3 is 10.2 Å². The Morgan fingerprint density at radius 2 is 1.96 bits per heavy atom. The van der Waals surface area contributed by atoms with Crippen LogP contribution in [-0.2, 0) is 6.54 Å². The zero-order valence-corrected chi connectivity index (χ0v) is 16.1. The van der Waals surface area contributed by atoms with E-state index in [4.69, 9.17) is 4.98 Å². The van der Waals surface area contributed by atoms with Gasteiger partial charge in [0.2, 0.25) is 5.95 Å². The second-order valence-corrected chi connectivity index (χ2v) is 7.57. The van der Waals surface area contributed by atoms with Crippen LogP contribution in [0, 0.1) is 0 Å². The normalized spacial score (nSPS) is 18.8. The van der Waals surface area contributed by atoms with Crippen molar-refractivity contribution in [2.24, 2.45) is 0 Å². The largest absolute Gasteiger partial charge is 0.350 e. The lowest BCUT2D eigenvalue weighted by molar-refractivity contribution is 0.469. The first-order valence-electron chi connectivity index (χ1n) is 10.2. The van der Waals surface area contributed by atoms with Gasteiger partial charge in [-0.25, -0.2) is 4.98 Å². The molecule has 1 saturated carbocycles. The van der Waals surface area contributed by atoms with Gasteiger partial charge in [0.1, 0.15) is 12.0 Å². The number of hydrogen-bond acceptors (Lipinski definition) is 6. The minimum Gasteiger partial charge on any atom is -0.350 e. The average molecular weight is 375 g/mol. The maximum Gasteiger partial charge on any atom is 0.225 e. The summed E-state index contributed by atoms with van der Waals surface area (Å²) in [5.41, 5.74) is 2.19. The van der Waals surface area contributed by atoms with Crippen LogP contribution in [0.25, 0.3) is 5.69 Å². The molecule has 1 aromatic carbocycles. The number of hydrogen-bond donors (Lipinski definition) is 1. The Labute approximate surface area is 164 Å². The molecule has 1 aliphatic carbocycles. The van der Waals surface area contributed by atoms with Crippen LogP contribution in [0.5, 0.6) is 0 Å². The third-order valence-electron chi connectivity index (χ3n) is 5.86.